The fraction of sp³-hybridized carbons (Fsp3) is 0.235. The summed E-state index contributed by atoms with van der Waals surface area (Å²) < 4.78 is 76.7. The summed E-state index contributed by atoms with van der Waals surface area (Å²) in [5.74, 6) is -14.0. The van der Waals surface area contributed by atoms with E-state index in [0.717, 1.165) is 0 Å². The monoisotopic (exact) mass is 373 g/mol. The Bertz CT molecular complexity index is 824. The molecule has 4 nitrogen and oxygen atoms in total. The molecule has 1 heterocycles. The van der Waals surface area contributed by atoms with Crippen molar-refractivity contribution >= 4 is 11.7 Å². The summed E-state index contributed by atoms with van der Waals surface area (Å²) in [7, 11) is 0. The lowest BCUT2D eigenvalue weighted by Gasteiger charge is -2.30. The van der Waals surface area contributed by atoms with Crippen LogP contribution < -0.4 is 9.64 Å². The molecule has 0 radical (unpaired) electrons. The van der Waals surface area contributed by atoms with Crippen LogP contribution in [-0.4, -0.2) is 32.3 Å². The van der Waals surface area contributed by atoms with Gasteiger partial charge in [0.1, 0.15) is 0 Å². The van der Waals surface area contributed by atoms with Crippen LogP contribution in [0.1, 0.15) is 10.4 Å². The van der Waals surface area contributed by atoms with Gasteiger partial charge in [0.15, 0.2) is 0 Å². The number of para-hydroxylation sites is 1. The molecule has 0 saturated carbocycles. The molecule has 9 heteroatoms. The predicted octanol–water partition coefficient (Wildman–Crippen LogP) is 3.44. The molecule has 0 atom stereocenters. The van der Waals surface area contributed by atoms with Gasteiger partial charge in [0.25, 0.3) is 0 Å². The van der Waals surface area contributed by atoms with Gasteiger partial charge in [-0.1, -0.05) is 12.1 Å². The van der Waals surface area contributed by atoms with Crippen molar-refractivity contribution < 1.29 is 36.2 Å². The van der Waals surface area contributed by atoms with Gasteiger partial charge in [0, 0.05) is 13.1 Å². The zero-order valence-corrected chi connectivity index (χ0v) is 13.2. The van der Waals surface area contributed by atoms with E-state index in [9.17, 15) is 26.7 Å². The Morgan fingerprint density at radius 3 is 2.04 bits per heavy atom. The number of nitrogens with zero attached hydrogens (tertiary/aromatic N) is 1. The summed E-state index contributed by atoms with van der Waals surface area (Å²) in [6, 6.07) is 6.04. The molecule has 1 aliphatic heterocycles. The number of carbonyl (C=O) groups excluding carboxylic acids is 1. The molecule has 138 valence electrons. The molecule has 1 saturated heterocycles. The van der Waals surface area contributed by atoms with Crippen molar-refractivity contribution in [3.8, 4) is 5.75 Å². The quantitative estimate of drug-likeness (QED) is 0.272. The molecule has 0 aliphatic carbocycles. The van der Waals surface area contributed by atoms with E-state index in [1.165, 1.54) is 12.1 Å². The molecule has 1 fully saturated rings. The van der Waals surface area contributed by atoms with Crippen molar-refractivity contribution in [1.29, 1.82) is 0 Å². The van der Waals surface area contributed by atoms with Gasteiger partial charge in [-0.3, -0.25) is 0 Å². The van der Waals surface area contributed by atoms with E-state index in [2.05, 4.69) is 4.74 Å². The maximum atomic E-state index is 13.7. The average Bonchev–Trinajstić information content (AvgIpc) is 2.68. The predicted molar refractivity (Wildman–Crippen MR) is 80.7 cm³/mol. The summed E-state index contributed by atoms with van der Waals surface area (Å²) in [5, 5.41) is 0. The van der Waals surface area contributed by atoms with Crippen LogP contribution in [-0.2, 0) is 4.74 Å². The zero-order valence-electron chi connectivity index (χ0n) is 13.2. The highest BCUT2D eigenvalue weighted by molar-refractivity contribution is 5.97. The fourth-order valence-electron chi connectivity index (χ4n) is 2.55. The highest BCUT2D eigenvalue weighted by Crippen LogP contribution is 2.31. The summed E-state index contributed by atoms with van der Waals surface area (Å²) in [6.45, 7) is 1.77. The lowest BCUT2D eigenvalue weighted by molar-refractivity contribution is 0.0715. The van der Waals surface area contributed by atoms with Gasteiger partial charge in [-0.05, 0) is 12.1 Å². The van der Waals surface area contributed by atoms with Crippen molar-refractivity contribution in [1.82, 2.24) is 0 Å². The third-order valence-electron chi connectivity index (χ3n) is 3.84. The molecular weight excluding hydrogens is 361 g/mol. The number of hydrogen-bond acceptors (Lipinski definition) is 4. The fourth-order valence-corrected chi connectivity index (χ4v) is 2.55. The van der Waals surface area contributed by atoms with Crippen LogP contribution in [0.25, 0.3) is 0 Å². The lowest BCUT2D eigenvalue weighted by atomic mass is 10.1. The minimum absolute atomic E-state index is 0.0710. The van der Waals surface area contributed by atoms with Crippen LogP contribution in [0.3, 0.4) is 0 Å². The molecule has 1 aliphatic rings. The van der Waals surface area contributed by atoms with Gasteiger partial charge in [0.2, 0.25) is 34.8 Å². The second-order valence-corrected chi connectivity index (χ2v) is 5.41. The number of benzene rings is 2. The van der Waals surface area contributed by atoms with Gasteiger partial charge in [-0.25, -0.2) is 18.0 Å². The molecule has 2 aromatic carbocycles. The Morgan fingerprint density at radius 1 is 0.885 bits per heavy atom. The minimum atomic E-state index is -2.33. The molecule has 3 rings (SSSR count). The molecule has 0 bridgehead atoms. The summed E-state index contributed by atoms with van der Waals surface area (Å²) >= 11 is 0. The number of hydrogen-bond donors (Lipinski definition) is 0. The number of rotatable bonds is 3. The van der Waals surface area contributed by atoms with Crippen molar-refractivity contribution in [2.75, 3.05) is 31.2 Å². The Morgan fingerprint density at radius 2 is 1.42 bits per heavy atom. The number of anilines is 1. The topological polar surface area (TPSA) is 38.8 Å². The van der Waals surface area contributed by atoms with Crippen molar-refractivity contribution in [3.05, 3.63) is 58.9 Å². The Kier molecular flexibility index (Phi) is 5.08. The number of carbonyl (C=O) groups is 1. The first-order valence-corrected chi connectivity index (χ1v) is 7.57. The van der Waals surface area contributed by atoms with Gasteiger partial charge in [0.05, 0.1) is 24.5 Å². The first kappa shape index (κ1) is 18.1. The number of esters is 1. The highest BCUT2D eigenvalue weighted by atomic mass is 19.2. The zero-order chi connectivity index (χ0) is 18.8. The van der Waals surface area contributed by atoms with Gasteiger partial charge >= 0.3 is 5.97 Å². The van der Waals surface area contributed by atoms with Crippen molar-refractivity contribution in [3.63, 3.8) is 0 Å². The van der Waals surface area contributed by atoms with Gasteiger partial charge < -0.3 is 14.4 Å². The van der Waals surface area contributed by atoms with Crippen LogP contribution in [0, 0.1) is 29.1 Å². The van der Waals surface area contributed by atoms with Crippen molar-refractivity contribution in [2.45, 2.75) is 0 Å². The van der Waals surface area contributed by atoms with E-state index < -0.39 is 40.8 Å². The molecule has 0 amide bonds. The van der Waals surface area contributed by atoms with E-state index in [1.807, 2.05) is 0 Å². The SMILES string of the molecule is O=C(Oc1c(F)c(F)c(F)c(F)c1F)c1ccccc1N1CCOCC1. The van der Waals surface area contributed by atoms with E-state index in [0.29, 0.717) is 32.0 Å². The summed E-state index contributed by atoms with van der Waals surface area (Å²) in [6.07, 6.45) is 0. The highest BCUT2D eigenvalue weighted by Gasteiger charge is 2.29. The maximum absolute atomic E-state index is 13.7. The standard InChI is InChI=1S/C17H12F5NO3/c18-11-12(19)14(21)16(15(22)13(11)20)26-17(24)9-3-1-2-4-10(9)23-5-7-25-8-6-23/h1-4H,5-8H2. The van der Waals surface area contributed by atoms with Gasteiger partial charge in [-0.15, -0.1) is 0 Å². The average molecular weight is 373 g/mol. The largest absolute Gasteiger partial charge is 0.416 e. The second kappa shape index (κ2) is 7.28. The second-order valence-electron chi connectivity index (χ2n) is 5.41. The molecule has 26 heavy (non-hydrogen) atoms. The Balaban J connectivity index is 1.95. The third kappa shape index (κ3) is 3.22. The summed E-state index contributed by atoms with van der Waals surface area (Å²) in [4.78, 5) is 14.1. The molecule has 2 aromatic rings. The molecule has 0 unspecified atom stereocenters. The number of ether oxygens (including phenoxy) is 2. The number of halogens is 5. The molecule has 0 N–H and O–H groups in total. The Labute approximate surface area is 144 Å². The minimum Gasteiger partial charge on any atom is -0.416 e. The van der Waals surface area contributed by atoms with Crippen LogP contribution >= 0.6 is 0 Å². The molecular formula is C17H12F5NO3. The van der Waals surface area contributed by atoms with Crippen LogP contribution in [0.5, 0.6) is 5.75 Å². The normalized spacial score (nSPS) is 14.4. The smallest absolute Gasteiger partial charge is 0.345 e. The first-order chi connectivity index (χ1) is 12.4. The molecule has 0 spiro atoms. The van der Waals surface area contributed by atoms with E-state index in [1.54, 1.807) is 17.0 Å². The Hall–Kier alpha value is -2.68. The summed E-state index contributed by atoms with van der Waals surface area (Å²) in [5.41, 5.74) is 0.336. The first-order valence-electron chi connectivity index (χ1n) is 7.57. The van der Waals surface area contributed by atoms with E-state index >= 15 is 0 Å². The van der Waals surface area contributed by atoms with E-state index in [-0.39, 0.29) is 5.56 Å². The van der Waals surface area contributed by atoms with Crippen LogP contribution in [0.15, 0.2) is 24.3 Å². The van der Waals surface area contributed by atoms with Gasteiger partial charge in [-0.2, -0.15) is 8.78 Å². The van der Waals surface area contributed by atoms with Crippen LogP contribution in [0.2, 0.25) is 0 Å². The molecule has 0 aromatic heterocycles. The lowest BCUT2D eigenvalue weighted by Crippen LogP contribution is -2.37. The number of morpholine rings is 1. The van der Waals surface area contributed by atoms with E-state index in [4.69, 9.17) is 4.74 Å². The van der Waals surface area contributed by atoms with Crippen molar-refractivity contribution in [2.24, 2.45) is 0 Å². The maximum Gasteiger partial charge on any atom is 0.345 e. The third-order valence-corrected chi connectivity index (χ3v) is 3.84. The van der Waals surface area contributed by atoms with Crippen LogP contribution in [0.4, 0.5) is 27.6 Å².